The van der Waals surface area contributed by atoms with Crippen molar-refractivity contribution in [2.75, 3.05) is 20.5 Å². The van der Waals surface area contributed by atoms with Gasteiger partial charge in [-0.2, -0.15) is 0 Å². The van der Waals surface area contributed by atoms with Gasteiger partial charge < -0.3 is 19.3 Å². The van der Waals surface area contributed by atoms with Crippen LogP contribution in [0.25, 0.3) is 0 Å². The smallest absolute Gasteiger partial charge is 0.209 e. The Balaban J connectivity index is 1.86. The van der Waals surface area contributed by atoms with Gasteiger partial charge in [-0.15, -0.1) is 0 Å². The molecule has 184 valence electrons. The Morgan fingerprint density at radius 2 is 1.74 bits per heavy atom. The van der Waals surface area contributed by atoms with E-state index in [2.05, 4.69) is 20.7 Å². The van der Waals surface area contributed by atoms with Gasteiger partial charge in [-0.05, 0) is 29.7 Å². The molecule has 1 fully saturated rings. The van der Waals surface area contributed by atoms with Gasteiger partial charge in [0.15, 0.2) is 11.2 Å². The number of fused-ring (bicyclic) bond motifs is 3. The lowest BCUT2D eigenvalue weighted by atomic mass is 9.71. The van der Waals surface area contributed by atoms with E-state index in [1.165, 1.54) is 14.2 Å². The van der Waals surface area contributed by atoms with Gasteiger partial charge in [0, 0.05) is 22.5 Å². The highest BCUT2D eigenvalue weighted by atomic mass is 79.9. The number of methoxy groups -OCH3 is 2. The topological polar surface area (TPSA) is 94.1 Å². The quantitative estimate of drug-likeness (QED) is 0.473. The summed E-state index contributed by atoms with van der Waals surface area (Å²) in [4.78, 5) is 0. The minimum Gasteiger partial charge on any atom is -0.496 e. The molecule has 0 bridgehead atoms. The molecule has 2 aliphatic rings. The number of aliphatic hydroxyl groups is 1. The summed E-state index contributed by atoms with van der Waals surface area (Å²) in [6.45, 7) is 0. The minimum atomic E-state index is -3.68. The Morgan fingerprint density at radius 3 is 2.34 bits per heavy atom. The SMILES string of the molecule is COc1cc(OC)c2c(c1)O[C@@]1(c3ccc(Br)cc3)[C@H](c3ccccc3)C[C@H](NS(C)(=O)=O)[C@@]21O. The van der Waals surface area contributed by atoms with Crippen molar-refractivity contribution < 1.29 is 27.7 Å². The number of sulfonamides is 1. The van der Waals surface area contributed by atoms with E-state index in [0.29, 0.717) is 34.8 Å². The summed E-state index contributed by atoms with van der Waals surface area (Å²) >= 11 is 3.49. The highest BCUT2D eigenvalue weighted by Crippen LogP contribution is 2.68. The Morgan fingerprint density at radius 1 is 1.06 bits per heavy atom. The molecule has 3 aromatic carbocycles. The van der Waals surface area contributed by atoms with Crippen molar-refractivity contribution in [3.8, 4) is 17.2 Å². The van der Waals surface area contributed by atoms with Crippen molar-refractivity contribution >= 4 is 26.0 Å². The number of halogens is 1. The number of hydrogen-bond acceptors (Lipinski definition) is 6. The van der Waals surface area contributed by atoms with Crippen LogP contribution in [-0.2, 0) is 21.2 Å². The molecule has 4 atom stereocenters. The summed E-state index contributed by atoms with van der Waals surface area (Å²) in [5, 5.41) is 12.8. The second kappa shape index (κ2) is 8.51. The fourth-order valence-corrected chi connectivity index (χ4v) is 6.75. The predicted octanol–water partition coefficient (Wildman–Crippen LogP) is 4.05. The zero-order chi connectivity index (χ0) is 25.0. The van der Waals surface area contributed by atoms with Crippen molar-refractivity contribution in [1.29, 1.82) is 0 Å². The van der Waals surface area contributed by atoms with E-state index in [1.807, 2.05) is 54.6 Å². The molecular formula is C26H26BrNO6S. The first-order valence-electron chi connectivity index (χ1n) is 11.1. The van der Waals surface area contributed by atoms with Gasteiger partial charge in [-0.25, -0.2) is 13.1 Å². The molecule has 0 radical (unpaired) electrons. The van der Waals surface area contributed by atoms with Crippen LogP contribution in [0.5, 0.6) is 17.2 Å². The van der Waals surface area contributed by atoms with Gasteiger partial charge >= 0.3 is 0 Å². The molecule has 3 aromatic rings. The van der Waals surface area contributed by atoms with Crippen LogP contribution in [0.2, 0.25) is 0 Å². The second-order valence-electron chi connectivity index (χ2n) is 8.96. The van der Waals surface area contributed by atoms with Gasteiger partial charge in [-0.1, -0.05) is 58.4 Å². The largest absolute Gasteiger partial charge is 0.496 e. The average Bonchev–Trinajstić information content (AvgIpc) is 3.24. The first-order chi connectivity index (χ1) is 16.6. The molecule has 5 rings (SSSR count). The molecule has 0 amide bonds. The summed E-state index contributed by atoms with van der Waals surface area (Å²) in [6, 6.07) is 19.7. The van der Waals surface area contributed by atoms with Crippen LogP contribution >= 0.6 is 15.9 Å². The van der Waals surface area contributed by atoms with Crippen molar-refractivity contribution in [3.05, 3.63) is 87.9 Å². The maximum Gasteiger partial charge on any atom is 0.209 e. The van der Waals surface area contributed by atoms with Gasteiger partial charge in [-0.3, -0.25) is 0 Å². The van der Waals surface area contributed by atoms with Crippen molar-refractivity contribution in [2.45, 2.75) is 29.6 Å². The molecule has 0 unspecified atom stereocenters. The molecule has 2 N–H and O–H groups in total. The first-order valence-corrected chi connectivity index (χ1v) is 13.8. The lowest BCUT2D eigenvalue weighted by Crippen LogP contribution is -2.56. The van der Waals surface area contributed by atoms with E-state index in [0.717, 1.165) is 16.3 Å². The van der Waals surface area contributed by atoms with Crippen LogP contribution in [0.15, 0.2) is 71.2 Å². The molecule has 1 heterocycles. The molecule has 7 nitrogen and oxygen atoms in total. The van der Waals surface area contributed by atoms with E-state index in [1.54, 1.807) is 12.1 Å². The van der Waals surface area contributed by atoms with E-state index in [9.17, 15) is 13.5 Å². The molecule has 0 saturated heterocycles. The van der Waals surface area contributed by atoms with Crippen LogP contribution in [0.3, 0.4) is 0 Å². The fraction of sp³-hybridized carbons (Fsp3) is 0.308. The highest BCUT2D eigenvalue weighted by Gasteiger charge is 2.74. The summed E-state index contributed by atoms with van der Waals surface area (Å²) in [7, 11) is -0.640. The number of benzene rings is 3. The van der Waals surface area contributed by atoms with Crippen LogP contribution in [0, 0.1) is 0 Å². The van der Waals surface area contributed by atoms with E-state index < -0.39 is 33.2 Å². The molecule has 35 heavy (non-hydrogen) atoms. The Bertz CT molecular complexity index is 1360. The molecule has 1 aliphatic carbocycles. The lowest BCUT2D eigenvalue weighted by Gasteiger charge is -2.41. The van der Waals surface area contributed by atoms with E-state index in [4.69, 9.17) is 14.2 Å². The van der Waals surface area contributed by atoms with Crippen LogP contribution in [0.1, 0.15) is 29.0 Å². The van der Waals surface area contributed by atoms with Crippen LogP contribution in [0.4, 0.5) is 0 Å². The molecule has 0 aromatic heterocycles. The van der Waals surface area contributed by atoms with Crippen molar-refractivity contribution in [1.82, 2.24) is 4.72 Å². The molecule has 9 heteroatoms. The van der Waals surface area contributed by atoms with Crippen molar-refractivity contribution in [2.24, 2.45) is 0 Å². The summed E-state index contributed by atoms with van der Waals surface area (Å²) in [5.41, 5.74) is -1.11. The Kier molecular flexibility index (Phi) is 5.87. The average molecular weight is 560 g/mol. The molecule has 1 aliphatic heterocycles. The van der Waals surface area contributed by atoms with Gasteiger partial charge in [0.25, 0.3) is 0 Å². The summed E-state index contributed by atoms with van der Waals surface area (Å²) in [6.07, 6.45) is 1.40. The van der Waals surface area contributed by atoms with Gasteiger partial charge in [0.2, 0.25) is 10.0 Å². The summed E-state index contributed by atoms with van der Waals surface area (Å²) in [5.74, 6) is 0.846. The van der Waals surface area contributed by atoms with Crippen LogP contribution < -0.4 is 18.9 Å². The number of ether oxygens (including phenoxy) is 3. The Labute approximate surface area is 213 Å². The summed E-state index contributed by atoms with van der Waals surface area (Å²) < 4.78 is 46.5. The van der Waals surface area contributed by atoms with E-state index >= 15 is 0 Å². The van der Waals surface area contributed by atoms with Gasteiger partial charge in [0.05, 0.1) is 32.1 Å². The molecule has 0 spiro atoms. The minimum absolute atomic E-state index is 0.304. The first kappa shape index (κ1) is 24.1. The third kappa shape index (κ3) is 3.64. The van der Waals surface area contributed by atoms with E-state index in [-0.39, 0.29) is 0 Å². The molecular weight excluding hydrogens is 534 g/mol. The standard InChI is InChI=1S/C26H26BrNO6S/c1-32-19-13-21(33-2)24-22(14-19)34-26(17-9-11-18(27)12-10-17)20(16-7-5-4-6-8-16)15-23(25(24,26)29)28-35(3,30)31/h4-14,20,23,28-29H,15H2,1-3H3/t20-,23-,25+,26-/m0/s1. The normalized spacial score (nSPS) is 27.1. The monoisotopic (exact) mass is 559 g/mol. The second-order valence-corrected chi connectivity index (χ2v) is 11.7. The van der Waals surface area contributed by atoms with Crippen molar-refractivity contribution in [3.63, 3.8) is 0 Å². The third-order valence-electron chi connectivity index (χ3n) is 7.01. The molecule has 1 saturated carbocycles. The van der Waals surface area contributed by atoms with Crippen LogP contribution in [-0.4, -0.2) is 40.0 Å². The number of nitrogens with one attached hydrogen (secondary N) is 1. The third-order valence-corrected chi connectivity index (χ3v) is 8.25. The number of rotatable bonds is 6. The highest BCUT2D eigenvalue weighted by molar-refractivity contribution is 9.10. The lowest BCUT2D eigenvalue weighted by molar-refractivity contribution is -0.115. The maximum atomic E-state index is 12.8. The zero-order valence-corrected chi connectivity index (χ0v) is 21.9. The van der Waals surface area contributed by atoms with Gasteiger partial charge in [0.1, 0.15) is 17.2 Å². The zero-order valence-electron chi connectivity index (χ0n) is 19.5. The predicted molar refractivity (Wildman–Crippen MR) is 135 cm³/mol. The Hall–Kier alpha value is -2.59. The maximum absolute atomic E-state index is 12.8. The fourth-order valence-electron chi connectivity index (χ4n) is 5.71. The number of hydrogen-bond donors (Lipinski definition) is 2.